The lowest BCUT2D eigenvalue weighted by atomic mass is 10.1. The number of carbonyl (C=O) groups is 2. The van der Waals surface area contributed by atoms with E-state index in [0.29, 0.717) is 92.1 Å². The zero-order valence-corrected chi connectivity index (χ0v) is 25.8. The summed E-state index contributed by atoms with van der Waals surface area (Å²) in [6.45, 7) is 13.3. The minimum Gasteiger partial charge on any atom is -0.382 e. The molecule has 14 nitrogen and oxygen atoms in total. The quantitative estimate of drug-likeness (QED) is 0.172. The molecule has 1 aromatic rings. The van der Waals surface area contributed by atoms with Crippen LogP contribution in [0.4, 0.5) is 0 Å². The summed E-state index contributed by atoms with van der Waals surface area (Å²) in [6, 6.07) is 0.260. The van der Waals surface area contributed by atoms with Crippen molar-refractivity contribution in [2.75, 3.05) is 93.3 Å². The zero-order chi connectivity index (χ0) is 30.4. The van der Waals surface area contributed by atoms with Crippen LogP contribution < -0.4 is 16.0 Å². The van der Waals surface area contributed by atoms with Crippen LogP contribution in [0.2, 0.25) is 0 Å². The molecule has 0 aliphatic carbocycles. The fourth-order valence-electron chi connectivity index (χ4n) is 3.20. The average molecular weight is 591 g/mol. The average Bonchev–Trinajstić information content (AvgIpc) is 3.45. The maximum atomic E-state index is 11.2. The number of aromatic nitrogens is 3. The van der Waals surface area contributed by atoms with Crippen molar-refractivity contribution in [3.05, 3.63) is 11.9 Å². The number of hydrogen-bond donors (Lipinski definition) is 3. The molecule has 0 radical (unpaired) electrons. The summed E-state index contributed by atoms with van der Waals surface area (Å²) in [4.78, 5) is 22.2. The van der Waals surface area contributed by atoms with Crippen LogP contribution in [-0.2, 0) is 51.2 Å². The minimum atomic E-state index is -0.0575. The standard InChI is InChI=1S/C17H33N5O6.C8H15NO2.C2H6/c1-18-13-17(23)19-3-5-28-15-16-14-22(21-20-16)4-6-25-9-10-27-12-11-26-8-7-24-2;1-2-8(10)9-7-4-3-5-11-6-7;1-2/h14,18H,3-13,15H2,1-2H3,(H,19,23);7H,2-6H2,1H3,(H,9,10);1-2H3. The molecular formula is C27H54N6O8. The van der Waals surface area contributed by atoms with Crippen molar-refractivity contribution in [1.29, 1.82) is 0 Å². The number of hydrogen-bond acceptors (Lipinski definition) is 11. The Kier molecular flexibility index (Phi) is 27.7. The van der Waals surface area contributed by atoms with Gasteiger partial charge < -0.3 is 44.4 Å². The molecule has 240 valence electrons. The first kappa shape index (κ1) is 38.8. The van der Waals surface area contributed by atoms with E-state index in [-0.39, 0.29) is 17.9 Å². The monoisotopic (exact) mass is 590 g/mol. The molecule has 1 saturated heterocycles. The smallest absolute Gasteiger partial charge is 0.234 e. The predicted octanol–water partition coefficient (Wildman–Crippen LogP) is 0.544. The number of nitrogens with zero attached hydrogens (tertiary/aromatic N) is 3. The van der Waals surface area contributed by atoms with Crippen molar-refractivity contribution in [2.24, 2.45) is 0 Å². The van der Waals surface area contributed by atoms with Crippen LogP contribution in [-0.4, -0.2) is 126 Å². The number of nitrogens with one attached hydrogen (secondary N) is 3. The van der Waals surface area contributed by atoms with Crippen molar-refractivity contribution in [3.63, 3.8) is 0 Å². The van der Waals surface area contributed by atoms with E-state index < -0.39 is 0 Å². The molecule has 0 aromatic carbocycles. The molecule has 14 heteroatoms. The summed E-state index contributed by atoms with van der Waals surface area (Å²) in [5, 5.41) is 16.5. The van der Waals surface area contributed by atoms with Gasteiger partial charge in [0.05, 0.1) is 91.4 Å². The highest BCUT2D eigenvalue weighted by molar-refractivity contribution is 5.77. The molecule has 1 aliphatic heterocycles. The first-order chi connectivity index (χ1) is 20.1. The molecule has 3 N–H and O–H groups in total. The van der Waals surface area contributed by atoms with Gasteiger partial charge in [0.1, 0.15) is 5.69 Å². The fourth-order valence-corrected chi connectivity index (χ4v) is 3.20. The second kappa shape index (κ2) is 29.3. The van der Waals surface area contributed by atoms with Crippen molar-refractivity contribution in [2.45, 2.75) is 59.2 Å². The molecule has 1 fully saturated rings. The Bertz CT molecular complexity index is 734. The molecule has 0 spiro atoms. The van der Waals surface area contributed by atoms with E-state index in [2.05, 4.69) is 26.3 Å². The Morgan fingerprint density at radius 2 is 1.68 bits per heavy atom. The second-order valence-corrected chi connectivity index (χ2v) is 8.57. The van der Waals surface area contributed by atoms with Crippen molar-refractivity contribution in [1.82, 2.24) is 30.9 Å². The van der Waals surface area contributed by atoms with Crippen molar-refractivity contribution in [3.8, 4) is 0 Å². The van der Waals surface area contributed by atoms with Gasteiger partial charge in [-0.05, 0) is 19.9 Å². The normalized spacial score (nSPS) is 14.3. The lowest BCUT2D eigenvalue weighted by Crippen LogP contribution is -2.40. The van der Waals surface area contributed by atoms with Gasteiger partial charge in [-0.2, -0.15) is 0 Å². The maximum absolute atomic E-state index is 11.2. The SMILES string of the molecule is CC.CCC(=O)NC1CCCOC1.CNCC(=O)NCCOCc1cn(CCOCCOCCOCCOC)nn1. The molecule has 1 atom stereocenters. The summed E-state index contributed by atoms with van der Waals surface area (Å²) in [5.41, 5.74) is 0.735. The Labute approximate surface area is 245 Å². The van der Waals surface area contributed by atoms with Gasteiger partial charge >= 0.3 is 0 Å². The van der Waals surface area contributed by atoms with Crippen LogP contribution in [0, 0.1) is 0 Å². The summed E-state index contributed by atoms with van der Waals surface area (Å²) < 4.78 is 33.4. The topological polar surface area (TPSA) is 156 Å². The third-order valence-electron chi connectivity index (χ3n) is 5.23. The summed E-state index contributed by atoms with van der Waals surface area (Å²) in [5.74, 6) is 0.0679. The maximum Gasteiger partial charge on any atom is 0.234 e. The Morgan fingerprint density at radius 3 is 2.29 bits per heavy atom. The Morgan fingerprint density at radius 1 is 1.00 bits per heavy atom. The van der Waals surface area contributed by atoms with Gasteiger partial charge in [0, 0.05) is 26.7 Å². The highest BCUT2D eigenvalue weighted by atomic mass is 16.6. The third kappa shape index (κ3) is 24.1. The molecule has 0 bridgehead atoms. The van der Waals surface area contributed by atoms with Crippen molar-refractivity contribution >= 4 is 11.8 Å². The zero-order valence-electron chi connectivity index (χ0n) is 25.8. The number of methoxy groups -OCH3 is 1. The van der Waals surface area contributed by atoms with E-state index in [0.717, 1.165) is 25.1 Å². The van der Waals surface area contributed by atoms with E-state index in [1.54, 1.807) is 18.8 Å². The number of likely N-dealkylation sites (N-methyl/N-ethyl adjacent to an activating group) is 1. The lowest BCUT2D eigenvalue weighted by molar-refractivity contribution is -0.122. The van der Waals surface area contributed by atoms with Gasteiger partial charge in [-0.15, -0.1) is 5.10 Å². The number of carbonyl (C=O) groups excluding carboxylic acids is 2. The predicted molar refractivity (Wildman–Crippen MR) is 155 cm³/mol. The Hall–Kier alpha value is -2.20. The summed E-state index contributed by atoms with van der Waals surface area (Å²) in [7, 11) is 3.36. The van der Waals surface area contributed by atoms with E-state index in [1.807, 2.05) is 27.0 Å². The van der Waals surface area contributed by atoms with Crippen molar-refractivity contribution < 1.29 is 38.0 Å². The first-order valence-corrected chi connectivity index (χ1v) is 14.6. The molecule has 0 saturated carbocycles. The van der Waals surface area contributed by atoms with E-state index in [4.69, 9.17) is 28.4 Å². The molecule has 2 heterocycles. The van der Waals surface area contributed by atoms with E-state index >= 15 is 0 Å². The summed E-state index contributed by atoms with van der Waals surface area (Å²) in [6.07, 6.45) is 4.51. The molecule has 41 heavy (non-hydrogen) atoms. The van der Waals surface area contributed by atoms with Crippen LogP contribution in [0.25, 0.3) is 0 Å². The summed E-state index contributed by atoms with van der Waals surface area (Å²) >= 11 is 0. The fraction of sp³-hybridized carbons (Fsp3) is 0.852. The molecule has 2 amide bonds. The number of amides is 2. The lowest BCUT2D eigenvalue weighted by Gasteiger charge is -2.22. The van der Waals surface area contributed by atoms with Gasteiger partial charge in [-0.3, -0.25) is 9.59 Å². The highest BCUT2D eigenvalue weighted by Gasteiger charge is 2.14. The van der Waals surface area contributed by atoms with E-state index in [9.17, 15) is 9.59 Å². The van der Waals surface area contributed by atoms with Gasteiger partial charge in [-0.25, -0.2) is 4.68 Å². The van der Waals surface area contributed by atoms with Gasteiger partial charge in [0.2, 0.25) is 11.8 Å². The largest absolute Gasteiger partial charge is 0.382 e. The molecule has 1 aliphatic rings. The van der Waals surface area contributed by atoms with E-state index in [1.165, 1.54) is 0 Å². The van der Waals surface area contributed by atoms with Crippen LogP contribution in [0.5, 0.6) is 0 Å². The van der Waals surface area contributed by atoms with Crippen LogP contribution >= 0.6 is 0 Å². The number of ether oxygens (including phenoxy) is 6. The van der Waals surface area contributed by atoms with Gasteiger partial charge in [0.25, 0.3) is 0 Å². The Balaban J connectivity index is 0.00000102. The first-order valence-electron chi connectivity index (χ1n) is 14.6. The molecule has 2 rings (SSSR count). The van der Waals surface area contributed by atoms with Crippen LogP contribution in [0.1, 0.15) is 45.7 Å². The minimum absolute atomic E-state index is 0.0575. The van der Waals surface area contributed by atoms with Gasteiger partial charge in [-0.1, -0.05) is 26.0 Å². The highest BCUT2D eigenvalue weighted by Crippen LogP contribution is 2.05. The van der Waals surface area contributed by atoms with Crippen LogP contribution in [0.15, 0.2) is 6.20 Å². The molecule has 1 aromatic heterocycles. The van der Waals surface area contributed by atoms with Gasteiger partial charge in [0.15, 0.2) is 0 Å². The third-order valence-corrected chi connectivity index (χ3v) is 5.23. The second-order valence-electron chi connectivity index (χ2n) is 8.57. The number of rotatable bonds is 21. The van der Waals surface area contributed by atoms with Crippen LogP contribution in [0.3, 0.4) is 0 Å². The molecular weight excluding hydrogens is 536 g/mol. The molecule has 1 unspecified atom stereocenters.